The van der Waals surface area contributed by atoms with Gasteiger partial charge in [-0.3, -0.25) is 0 Å². The lowest BCUT2D eigenvalue weighted by molar-refractivity contribution is 0.364. The second-order valence-corrected chi connectivity index (χ2v) is 3.43. The number of hydrogen-bond donors (Lipinski definition) is 0. The van der Waals surface area contributed by atoms with Crippen molar-refractivity contribution in [2.45, 2.75) is 26.7 Å². The highest BCUT2D eigenvalue weighted by molar-refractivity contribution is 5.47. The predicted octanol–water partition coefficient (Wildman–Crippen LogP) is 2.16. The van der Waals surface area contributed by atoms with Crippen LogP contribution in [0.1, 0.15) is 31.4 Å². The molecular formula is C9H11N3O2. The van der Waals surface area contributed by atoms with Crippen LogP contribution in [0.5, 0.6) is 0 Å². The molecule has 2 aromatic heterocycles. The van der Waals surface area contributed by atoms with Gasteiger partial charge in [-0.25, -0.2) is 0 Å². The average molecular weight is 193 g/mol. The molecule has 2 aromatic rings. The van der Waals surface area contributed by atoms with E-state index in [2.05, 4.69) is 15.3 Å². The van der Waals surface area contributed by atoms with Gasteiger partial charge < -0.3 is 9.05 Å². The van der Waals surface area contributed by atoms with E-state index in [1.165, 1.54) is 0 Å². The molecule has 14 heavy (non-hydrogen) atoms. The molecule has 74 valence electrons. The Morgan fingerprint density at radius 1 is 1.21 bits per heavy atom. The molecule has 0 atom stereocenters. The Hall–Kier alpha value is -1.65. The molecule has 0 aromatic carbocycles. The maximum Gasteiger partial charge on any atom is 0.229 e. The highest BCUT2D eigenvalue weighted by Crippen LogP contribution is 2.18. The number of aromatic nitrogens is 3. The minimum absolute atomic E-state index is 0.226. The summed E-state index contributed by atoms with van der Waals surface area (Å²) in [5, 5.41) is 7.61. The lowest BCUT2D eigenvalue weighted by atomic mass is 10.2. The second kappa shape index (κ2) is 3.25. The average Bonchev–Trinajstić information content (AvgIpc) is 2.70. The molecule has 0 saturated heterocycles. The summed E-state index contributed by atoms with van der Waals surface area (Å²) >= 11 is 0. The Balaban J connectivity index is 2.33. The van der Waals surface area contributed by atoms with Crippen molar-refractivity contribution in [1.82, 2.24) is 15.3 Å². The molecule has 0 N–H and O–H groups in total. The van der Waals surface area contributed by atoms with Gasteiger partial charge in [0, 0.05) is 12.0 Å². The standard InChI is InChI=1S/C9H11N3O2/c1-5(2)9-10-8(12-14-9)7-4-6(3)13-11-7/h4-5H,1-3H3. The molecule has 0 saturated carbocycles. The van der Waals surface area contributed by atoms with Crippen molar-refractivity contribution in [2.24, 2.45) is 0 Å². The van der Waals surface area contributed by atoms with Crippen LogP contribution in [0.4, 0.5) is 0 Å². The predicted molar refractivity (Wildman–Crippen MR) is 48.6 cm³/mol. The highest BCUT2D eigenvalue weighted by Gasteiger charge is 2.13. The fourth-order valence-electron chi connectivity index (χ4n) is 1.05. The van der Waals surface area contributed by atoms with Crippen LogP contribution in [0.3, 0.4) is 0 Å². The van der Waals surface area contributed by atoms with Crippen LogP contribution in [0, 0.1) is 6.92 Å². The third-order valence-corrected chi connectivity index (χ3v) is 1.79. The summed E-state index contributed by atoms with van der Waals surface area (Å²) in [5.74, 6) is 2.05. The summed E-state index contributed by atoms with van der Waals surface area (Å²) in [6.07, 6.45) is 0. The molecule has 0 spiro atoms. The van der Waals surface area contributed by atoms with Crippen molar-refractivity contribution in [3.8, 4) is 11.5 Å². The zero-order valence-corrected chi connectivity index (χ0v) is 8.31. The highest BCUT2D eigenvalue weighted by atomic mass is 16.5. The second-order valence-electron chi connectivity index (χ2n) is 3.43. The normalized spacial score (nSPS) is 11.1. The SMILES string of the molecule is Cc1cc(-c2noc(C(C)C)n2)no1. The monoisotopic (exact) mass is 193 g/mol. The van der Waals surface area contributed by atoms with Crippen LogP contribution >= 0.6 is 0 Å². The van der Waals surface area contributed by atoms with Crippen molar-refractivity contribution in [3.63, 3.8) is 0 Å². The lowest BCUT2D eigenvalue weighted by Crippen LogP contribution is -1.86. The van der Waals surface area contributed by atoms with Gasteiger partial charge in [-0.2, -0.15) is 4.98 Å². The van der Waals surface area contributed by atoms with Crippen LogP contribution in [0.25, 0.3) is 11.5 Å². The largest absolute Gasteiger partial charge is 0.361 e. The van der Waals surface area contributed by atoms with Gasteiger partial charge in [0.1, 0.15) is 5.76 Å². The molecule has 0 bridgehead atoms. The molecule has 5 nitrogen and oxygen atoms in total. The number of rotatable bonds is 2. The molecule has 2 heterocycles. The van der Waals surface area contributed by atoms with E-state index < -0.39 is 0 Å². The molecule has 5 heteroatoms. The first-order chi connectivity index (χ1) is 6.66. The topological polar surface area (TPSA) is 65.0 Å². The number of hydrogen-bond acceptors (Lipinski definition) is 5. The summed E-state index contributed by atoms with van der Waals surface area (Å²) in [7, 11) is 0. The summed E-state index contributed by atoms with van der Waals surface area (Å²) in [4.78, 5) is 4.19. The fourth-order valence-corrected chi connectivity index (χ4v) is 1.05. The first-order valence-corrected chi connectivity index (χ1v) is 4.44. The first-order valence-electron chi connectivity index (χ1n) is 4.44. The summed E-state index contributed by atoms with van der Waals surface area (Å²) in [6.45, 7) is 5.80. The molecule has 0 fully saturated rings. The smallest absolute Gasteiger partial charge is 0.229 e. The molecule has 0 aliphatic carbocycles. The Kier molecular flexibility index (Phi) is 2.07. The fraction of sp³-hybridized carbons (Fsp3) is 0.444. The van der Waals surface area contributed by atoms with Crippen LogP contribution < -0.4 is 0 Å². The van der Waals surface area contributed by atoms with E-state index >= 15 is 0 Å². The molecule has 0 aliphatic rings. The van der Waals surface area contributed by atoms with Gasteiger partial charge in [0.25, 0.3) is 0 Å². The van der Waals surface area contributed by atoms with E-state index in [-0.39, 0.29) is 5.92 Å². The molecule has 0 unspecified atom stereocenters. The quantitative estimate of drug-likeness (QED) is 0.731. The van der Waals surface area contributed by atoms with E-state index in [0.29, 0.717) is 17.4 Å². The first kappa shape index (κ1) is 8.93. The minimum Gasteiger partial charge on any atom is -0.361 e. The summed E-state index contributed by atoms with van der Waals surface area (Å²) in [5.41, 5.74) is 0.609. The Morgan fingerprint density at radius 2 is 2.00 bits per heavy atom. The van der Waals surface area contributed by atoms with E-state index in [1.54, 1.807) is 6.07 Å². The van der Waals surface area contributed by atoms with E-state index in [0.717, 1.165) is 5.76 Å². The van der Waals surface area contributed by atoms with Gasteiger partial charge in [0.15, 0.2) is 5.69 Å². The third kappa shape index (κ3) is 1.53. The van der Waals surface area contributed by atoms with Crippen molar-refractivity contribution < 1.29 is 9.05 Å². The van der Waals surface area contributed by atoms with E-state index in [9.17, 15) is 0 Å². The Labute approximate surface area is 81.1 Å². The van der Waals surface area contributed by atoms with Crippen molar-refractivity contribution in [3.05, 3.63) is 17.7 Å². The van der Waals surface area contributed by atoms with Gasteiger partial charge in [-0.1, -0.05) is 24.2 Å². The number of nitrogens with zero attached hydrogens (tertiary/aromatic N) is 3. The lowest BCUT2D eigenvalue weighted by Gasteiger charge is -1.91. The molecule has 0 radical (unpaired) electrons. The molecule has 0 amide bonds. The molecule has 2 rings (SSSR count). The summed E-state index contributed by atoms with van der Waals surface area (Å²) < 4.78 is 9.96. The van der Waals surface area contributed by atoms with Gasteiger partial charge >= 0.3 is 0 Å². The van der Waals surface area contributed by atoms with Crippen LogP contribution in [-0.4, -0.2) is 15.3 Å². The van der Waals surface area contributed by atoms with Crippen LogP contribution in [-0.2, 0) is 0 Å². The molecular weight excluding hydrogens is 182 g/mol. The Bertz CT molecular complexity index is 431. The minimum atomic E-state index is 0.226. The van der Waals surface area contributed by atoms with Crippen molar-refractivity contribution in [1.29, 1.82) is 0 Å². The van der Waals surface area contributed by atoms with Gasteiger partial charge in [0.05, 0.1) is 0 Å². The third-order valence-electron chi connectivity index (χ3n) is 1.79. The van der Waals surface area contributed by atoms with Crippen molar-refractivity contribution >= 4 is 0 Å². The van der Waals surface area contributed by atoms with Gasteiger partial charge in [0.2, 0.25) is 11.7 Å². The van der Waals surface area contributed by atoms with E-state index in [1.807, 2.05) is 20.8 Å². The zero-order chi connectivity index (χ0) is 10.1. The summed E-state index contributed by atoms with van der Waals surface area (Å²) in [6, 6.07) is 1.77. The number of aryl methyl sites for hydroxylation is 1. The van der Waals surface area contributed by atoms with Crippen LogP contribution in [0.15, 0.2) is 15.1 Å². The van der Waals surface area contributed by atoms with Crippen LogP contribution in [0.2, 0.25) is 0 Å². The Morgan fingerprint density at radius 3 is 2.50 bits per heavy atom. The van der Waals surface area contributed by atoms with Crippen molar-refractivity contribution in [2.75, 3.05) is 0 Å². The maximum atomic E-state index is 5.05. The van der Waals surface area contributed by atoms with E-state index in [4.69, 9.17) is 9.05 Å². The zero-order valence-electron chi connectivity index (χ0n) is 8.31. The van der Waals surface area contributed by atoms with Gasteiger partial charge in [-0.05, 0) is 6.92 Å². The van der Waals surface area contributed by atoms with Gasteiger partial charge in [-0.15, -0.1) is 0 Å². The maximum absolute atomic E-state index is 5.05. The molecule has 0 aliphatic heterocycles.